The lowest BCUT2D eigenvalue weighted by molar-refractivity contribution is -0.155. The van der Waals surface area contributed by atoms with Crippen molar-refractivity contribution in [1.82, 2.24) is 15.2 Å². The van der Waals surface area contributed by atoms with Crippen LogP contribution in [0.2, 0.25) is 4.34 Å². The van der Waals surface area contributed by atoms with Gasteiger partial charge >= 0.3 is 5.97 Å². The molecule has 3 aromatic carbocycles. The van der Waals surface area contributed by atoms with Crippen LogP contribution in [0.25, 0.3) is 0 Å². The van der Waals surface area contributed by atoms with E-state index in [9.17, 15) is 19.5 Å². The molecular weight excluding hydrogens is 635 g/mol. The van der Waals surface area contributed by atoms with Gasteiger partial charge in [0, 0.05) is 21.7 Å². The average Bonchev–Trinajstić information content (AvgIpc) is 3.39. The summed E-state index contributed by atoms with van der Waals surface area (Å²) in [5.74, 6) is -2.64. The first-order valence-electron chi connectivity index (χ1n) is 14.0. The highest BCUT2D eigenvalue weighted by Gasteiger charge is 2.53. The normalized spacial score (nSPS) is 18.2. The number of carboxylic acids is 1. The maximum Gasteiger partial charge on any atom is 0.353 e. The van der Waals surface area contributed by atoms with Gasteiger partial charge in [-0.2, -0.15) is 0 Å². The predicted molar refractivity (Wildman–Crippen MR) is 171 cm³/mol. The fourth-order valence-electron chi connectivity index (χ4n) is 5.76. The molecule has 0 bridgehead atoms. The Balaban J connectivity index is 1.43. The molecule has 45 heavy (non-hydrogen) atoms. The van der Waals surface area contributed by atoms with E-state index >= 15 is 0 Å². The van der Waals surface area contributed by atoms with Gasteiger partial charge in [0.05, 0.1) is 11.0 Å². The predicted octanol–water partition coefficient (Wildman–Crippen LogP) is 5.84. The van der Waals surface area contributed by atoms with Crippen LogP contribution >= 0.6 is 34.5 Å². The Hall–Kier alpha value is -4.51. The van der Waals surface area contributed by atoms with Gasteiger partial charge in [-0.15, -0.1) is 11.3 Å². The van der Waals surface area contributed by atoms with E-state index in [0.29, 0.717) is 11.4 Å². The Morgan fingerprint density at radius 3 is 1.98 bits per heavy atom. The van der Waals surface area contributed by atoms with Crippen LogP contribution in [0.5, 0.6) is 0 Å². The Kier molecular flexibility index (Phi) is 8.46. The van der Waals surface area contributed by atoms with Crippen LogP contribution in [-0.4, -0.2) is 50.6 Å². The number of aromatic nitrogens is 1. The number of hydrogen-bond donors (Lipinski definition) is 2. The maximum absolute atomic E-state index is 14.0. The van der Waals surface area contributed by atoms with Crippen LogP contribution in [0.15, 0.2) is 107 Å². The van der Waals surface area contributed by atoms with Crippen LogP contribution in [0, 0.1) is 6.92 Å². The minimum absolute atomic E-state index is 0.0938. The Morgan fingerprint density at radius 1 is 0.978 bits per heavy atom. The molecule has 2 atom stereocenters. The lowest BCUT2D eigenvalue weighted by Crippen LogP contribution is -2.72. The van der Waals surface area contributed by atoms with Crippen molar-refractivity contribution in [2.75, 3.05) is 0 Å². The van der Waals surface area contributed by atoms with Crippen LogP contribution in [0.4, 0.5) is 0 Å². The molecule has 1 fully saturated rings. The third-order valence-electron chi connectivity index (χ3n) is 7.81. The highest BCUT2D eigenvalue weighted by molar-refractivity contribution is 7.16. The zero-order valence-corrected chi connectivity index (χ0v) is 26.1. The topological polar surface area (TPSA) is 121 Å². The van der Waals surface area contributed by atoms with Crippen molar-refractivity contribution in [1.29, 1.82) is 0 Å². The van der Waals surface area contributed by atoms with E-state index in [1.807, 2.05) is 91.0 Å². The fraction of sp³-hybridized carbons (Fsp3) is 0.182. The van der Waals surface area contributed by atoms with Crippen molar-refractivity contribution in [2.24, 2.45) is 5.16 Å². The second-order valence-electron chi connectivity index (χ2n) is 10.5. The molecule has 2 amide bonds. The number of β-lactam (4-membered cyclic amide) rings is 1. The molecule has 12 heteroatoms. The molecule has 2 aliphatic heterocycles. The summed E-state index contributed by atoms with van der Waals surface area (Å²) < 4.78 is 0.219. The van der Waals surface area contributed by atoms with Crippen molar-refractivity contribution in [3.8, 4) is 0 Å². The molecule has 9 nitrogen and oxygen atoms in total. The number of carbonyl (C=O) groups is 3. The summed E-state index contributed by atoms with van der Waals surface area (Å²) in [6.07, 6.45) is 0.643. The molecule has 1 saturated heterocycles. The van der Waals surface area contributed by atoms with Gasteiger partial charge in [0.15, 0.2) is 5.71 Å². The number of aliphatic carboxylic acids is 1. The number of halogens is 2. The number of rotatable bonds is 9. The summed E-state index contributed by atoms with van der Waals surface area (Å²) in [6.45, 7) is 1.75. The molecule has 0 spiro atoms. The van der Waals surface area contributed by atoms with Crippen molar-refractivity contribution in [3.63, 3.8) is 0 Å². The number of amides is 2. The molecule has 2 N–H and O–H groups in total. The summed E-state index contributed by atoms with van der Waals surface area (Å²) in [5.41, 5.74) is 0.566. The number of fused-ring (bicyclic) bond motifs is 1. The van der Waals surface area contributed by atoms with E-state index in [2.05, 4.69) is 15.5 Å². The second-order valence-corrected chi connectivity index (χ2v) is 12.8. The van der Waals surface area contributed by atoms with Crippen LogP contribution < -0.4 is 5.32 Å². The minimum Gasteiger partial charge on any atom is -0.477 e. The third-order valence-corrected chi connectivity index (χ3v) is 9.35. The molecule has 1 unspecified atom stereocenters. The molecule has 6 rings (SSSR count). The zero-order chi connectivity index (χ0) is 31.7. The number of hydrogen-bond acceptors (Lipinski definition) is 7. The largest absolute Gasteiger partial charge is 0.477 e. The van der Waals surface area contributed by atoms with Gasteiger partial charge in [0.1, 0.15) is 21.8 Å². The number of carboxylic acid groups (broad SMARTS) is 1. The van der Waals surface area contributed by atoms with Gasteiger partial charge < -0.3 is 15.3 Å². The lowest BCUT2D eigenvalue weighted by Gasteiger charge is -2.49. The molecule has 2 aliphatic rings. The van der Waals surface area contributed by atoms with Crippen molar-refractivity contribution < 1.29 is 24.3 Å². The van der Waals surface area contributed by atoms with E-state index in [4.69, 9.17) is 28.0 Å². The monoisotopic (exact) mass is 660 g/mol. The quantitative estimate of drug-likeness (QED) is 0.101. The van der Waals surface area contributed by atoms with Gasteiger partial charge in [-0.05, 0) is 19.8 Å². The SMILES string of the molecule is Cc1nc(/C(=N/OC(c2ccccc2)(c2ccccc2)c2ccccc2)C(=O)N[C@@H]2C(=O)N3C(C(=O)O)=C(Cl)CCC23)c(Cl)s1. The number of nitrogens with one attached hydrogen (secondary N) is 1. The van der Waals surface area contributed by atoms with Crippen molar-refractivity contribution in [3.05, 3.63) is 133 Å². The molecule has 0 aliphatic carbocycles. The summed E-state index contributed by atoms with van der Waals surface area (Å²) in [7, 11) is 0. The number of nitrogens with zero attached hydrogens (tertiary/aromatic N) is 3. The van der Waals surface area contributed by atoms with Gasteiger partial charge in [-0.1, -0.05) is 119 Å². The van der Waals surface area contributed by atoms with E-state index in [-0.39, 0.29) is 32.9 Å². The van der Waals surface area contributed by atoms with Gasteiger partial charge in [-0.3, -0.25) is 14.5 Å². The number of aryl methyl sites for hydroxylation is 1. The van der Waals surface area contributed by atoms with Crippen molar-refractivity contribution >= 4 is 58.0 Å². The number of thiazole rings is 1. The number of oxime groups is 1. The number of allylic oxidation sites excluding steroid dienone is 1. The number of carbonyl (C=O) groups excluding carboxylic acids is 2. The highest BCUT2D eigenvalue weighted by Crippen LogP contribution is 2.41. The summed E-state index contributed by atoms with van der Waals surface area (Å²) in [5, 5.41) is 17.5. The summed E-state index contributed by atoms with van der Waals surface area (Å²) >= 11 is 13.9. The minimum atomic E-state index is -1.30. The molecule has 0 saturated carbocycles. The highest BCUT2D eigenvalue weighted by atomic mass is 35.5. The standard InChI is InChI=1S/C33H26Cl2N4O5S/c1-19-36-26(29(35)45-19)27(30(40)37-25-24-18-17-23(34)28(32(42)43)39(24)31(25)41)38-44-33(20-11-5-2-6-12-20,21-13-7-3-8-14-21)22-15-9-4-10-16-22/h2-16,24-25H,17-18H2,1H3,(H,37,40)(H,42,43)/b38-27-/t24?,25-/m0/s1. The van der Waals surface area contributed by atoms with E-state index in [1.165, 1.54) is 11.3 Å². The fourth-order valence-corrected chi connectivity index (χ4v) is 7.14. The first-order chi connectivity index (χ1) is 21.7. The lowest BCUT2D eigenvalue weighted by atomic mass is 9.80. The van der Waals surface area contributed by atoms with Gasteiger partial charge in [0.25, 0.3) is 11.8 Å². The van der Waals surface area contributed by atoms with E-state index in [0.717, 1.165) is 21.6 Å². The average molecular weight is 662 g/mol. The molecule has 4 aromatic rings. The van der Waals surface area contributed by atoms with Crippen LogP contribution in [0.1, 0.15) is 40.2 Å². The van der Waals surface area contributed by atoms with E-state index < -0.39 is 35.5 Å². The van der Waals surface area contributed by atoms with Gasteiger partial charge in [0.2, 0.25) is 5.60 Å². The first kappa shape index (κ1) is 30.5. The third kappa shape index (κ3) is 5.50. The molecular formula is C33H26Cl2N4O5S. The molecule has 3 heterocycles. The van der Waals surface area contributed by atoms with E-state index in [1.54, 1.807) is 6.92 Å². The summed E-state index contributed by atoms with van der Waals surface area (Å²) in [6, 6.07) is 26.9. The van der Waals surface area contributed by atoms with Crippen molar-refractivity contribution in [2.45, 2.75) is 37.5 Å². The smallest absolute Gasteiger partial charge is 0.353 e. The maximum atomic E-state index is 14.0. The summed E-state index contributed by atoms with van der Waals surface area (Å²) in [4.78, 5) is 51.1. The second kappa shape index (κ2) is 12.5. The Morgan fingerprint density at radius 2 is 1.51 bits per heavy atom. The molecule has 0 radical (unpaired) electrons. The number of benzene rings is 3. The van der Waals surface area contributed by atoms with Crippen LogP contribution in [0.3, 0.4) is 0 Å². The molecule has 228 valence electrons. The van der Waals surface area contributed by atoms with Gasteiger partial charge in [-0.25, -0.2) is 9.78 Å². The van der Waals surface area contributed by atoms with Crippen LogP contribution in [-0.2, 0) is 24.8 Å². The Labute approximate surface area is 272 Å². The molecule has 1 aromatic heterocycles. The first-order valence-corrected chi connectivity index (χ1v) is 15.6. The zero-order valence-electron chi connectivity index (χ0n) is 23.8. The Bertz CT molecular complexity index is 1730.